The second kappa shape index (κ2) is 5.73. The van der Waals surface area contributed by atoms with E-state index in [0.29, 0.717) is 11.5 Å². The first-order valence-corrected chi connectivity index (χ1v) is 7.67. The summed E-state index contributed by atoms with van der Waals surface area (Å²) in [5.41, 5.74) is 0.600. The molecular weight excluding hydrogens is 268 g/mol. The van der Waals surface area contributed by atoms with Gasteiger partial charge in [-0.25, -0.2) is 8.42 Å². The lowest BCUT2D eigenvalue weighted by Gasteiger charge is -2.21. The molecule has 7 heteroatoms. The van der Waals surface area contributed by atoms with Crippen LogP contribution in [0.4, 0.5) is 0 Å². The summed E-state index contributed by atoms with van der Waals surface area (Å²) in [6, 6.07) is 1.71. The Bertz CT molecular complexity index is 548. The Morgan fingerprint density at radius 1 is 1.42 bits per heavy atom. The second-order valence-electron chi connectivity index (χ2n) is 4.90. The van der Waals surface area contributed by atoms with Crippen molar-refractivity contribution in [2.45, 2.75) is 44.7 Å². The first-order valence-electron chi connectivity index (χ1n) is 6.06. The van der Waals surface area contributed by atoms with E-state index >= 15 is 0 Å². The molecule has 1 amide bonds. The molecule has 0 radical (unpaired) electrons. The Labute approximate surface area is 113 Å². The summed E-state index contributed by atoms with van der Waals surface area (Å²) in [5, 5.41) is 2.15. The van der Waals surface area contributed by atoms with Crippen LogP contribution in [-0.2, 0) is 21.2 Å². The summed E-state index contributed by atoms with van der Waals surface area (Å²) < 4.78 is 28.8. The maximum atomic E-state index is 12.1. The molecule has 0 aliphatic carbocycles. The Hall–Kier alpha value is -1.37. The number of aromatic nitrogens is 1. The summed E-state index contributed by atoms with van der Waals surface area (Å²) in [7, 11) is -1.89. The van der Waals surface area contributed by atoms with Crippen molar-refractivity contribution < 1.29 is 17.7 Å². The first-order chi connectivity index (χ1) is 8.66. The average molecular weight is 288 g/mol. The minimum Gasteiger partial charge on any atom is -0.361 e. The Morgan fingerprint density at radius 3 is 2.42 bits per heavy atom. The predicted molar refractivity (Wildman–Crippen MR) is 71.2 cm³/mol. The number of hydrogen-bond acceptors (Lipinski definition) is 5. The highest BCUT2D eigenvalue weighted by Crippen LogP contribution is 2.13. The van der Waals surface area contributed by atoms with E-state index in [2.05, 4.69) is 5.16 Å². The third-order valence-electron chi connectivity index (χ3n) is 2.95. The Morgan fingerprint density at radius 2 is 2.00 bits per heavy atom. The van der Waals surface area contributed by atoms with Crippen molar-refractivity contribution in [3.8, 4) is 0 Å². The highest BCUT2D eigenvalue weighted by Gasteiger charge is 2.32. The Balaban J connectivity index is 2.77. The number of rotatable bonds is 5. The van der Waals surface area contributed by atoms with Gasteiger partial charge in [0.25, 0.3) is 0 Å². The molecule has 108 valence electrons. The summed E-state index contributed by atoms with van der Waals surface area (Å²) in [6.07, 6.45) is 0. The molecule has 0 spiro atoms. The smallest absolute Gasteiger partial charge is 0.240 e. The number of aryl methyl sites for hydroxylation is 1. The molecule has 0 unspecified atom stereocenters. The van der Waals surface area contributed by atoms with Crippen LogP contribution >= 0.6 is 0 Å². The molecule has 19 heavy (non-hydrogen) atoms. The minimum absolute atomic E-state index is 0.230. The van der Waals surface area contributed by atoms with E-state index in [1.807, 2.05) is 0 Å². The largest absolute Gasteiger partial charge is 0.361 e. The normalized spacial score (nSPS) is 13.6. The fraction of sp³-hybridized carbons (Fsp3) is 0.667. The number of nitrogens with zero attached hydrogens (tertiary/aromatic N) is 2. The van der Waals surface area contributed by atoms with Gasteiger partial charge >= 0.3 is 0 Å². The van der Waals surface area contributed by atoms with Gasteiger partial charge in [0, 0.05) is 13.1 Å². The van der Waals surface area contributed by atoms with E-state index in [9.17, 15) is 13.2 Å². The molecule has 1 rings (SSSR count). The van der Waals surface area contributed by atoms with Crippen molar-refractivity contribution in [2.24, 2.45) is 0 Å². The molecule has 6 nitrogen and oxygen atoms in total. The first kappa shape index (κ1) is 15.7. The highest BCUT2D eigenvalue weighted by molar-refractivity contribution is 7.93. The number of carbonyl (C=O) groups is 1. The van der Waals surface area contributed by atoms with Crippen molar-refractivity contribution in [2.75, 3.05) is 7.05 Å². The summed E-state index contributed by atoms with van der Waals surface area (Å²) in [5.74, 6) is 0.216. The van der Waals surface area contributed by atoms with E-state index in [1.165, 1.54) is 11.8 Å². The quantitative estimate of drug-likeness (QED) is 0.812. The zero-order chi connectivity index (χ0) is 14.8. The molecule has 1 aromatic heterocycles. The van der Waals surface area contributed by atoms with Gasteiger partial charge < -0.3 is 9.42 Å². The van der Waals surface area contributed by atoms with Gasteiger partial charge in [-0.15, -0.1) is 0 Å². The van der Waals surface area contributed by atoms with E-state index in [-0.39, 0.29) is 6.54 Å². The van der Waals surface area contributed by atoms with Crippen molar-refractivity contribution in [1.82, 2.24) is 10.1 Å². The standard InChI is InChI=1S/C12H20N2O4S/c1-8(2)19(16,17)10(4)12(15)14(5)7-11-6-9(3)18-13-11/h6,8,10H,7H2,1-5H3/t10-/m1/s1. The molecule has 1 atom stereocenters. The Kier molecular flexibility index (Phi) is 4.73. The van der Waals surface area contributed by atoms with Crippen LogP contribution in [0.5, 0.6) is 0 Å². The van der Waals surface area contributed by atoms with E-state index in [1.54, 1.807) is 33.9 Å². The molecule has 1 heterocycles. The fourth-order valence-electron chi connectivity index (χ4n) is 1.67. The molecular formula is C12H20N2O4S. The molecule has 0 aliphatic rings. The van der Waals surface area contributed by atoms with Gasteiger partial charge in [0.05, 0.1) is 11.8 Å². The van der Waals surface area contributed by atoms with Crippen LogP contribution in [0.1, 0.15) is 32.2 Å². The average Bonchev–Trinajstić information content (AvgIpc) is 2.72. The minimum atomic E-state index is -3.44. The van der Waals surface area contributed by atoms with Crippen molar-refractivity contribution in [3.63, 3.8) is 0 Å². The van der Waals surface area contributed by atoms with Crippen LogP contribution in [-0.4, -0.2) is 41.9 Å². The number of sulfone groups is 1. The lowest BCUT2D eigenvalue weighted by atomic mass is 10.3. The van der Waals surface area contributed by atoms with Crippen LogP contribution in [0.15, 0.2) is 10.6 Å². The zero-order valence-corrected chi connectivity index (χ0v) is 12.7. The second-order valence-corrected chi connectivity index (χ2v) is 7.73. The predicted octanol–water partition coefficient (Wildman–Crippen LogP) is 1.15. The van der Waals surface area contributed by atoms with Crippen molar-refractivity contribution in [3.05, 3.63) is 17.5 Å². The van der Waals surface area contributed by atoms with Crippen molar-refractivity contribution >= 4 is 15.7 Å². The lowest BCUT2D eigenvalue weighted by Crippen LogP contribution is -2.41. The highest BCUT2D eigenvalue weighted by atomic mass is 32.2. The van der Waals surface area contributed by atoms with Gasteiger partial charge in [-0.2, -0.15) is 0 Å². The number of carbonyl (C=O) groups excluding carboxylic acids is 1. The summed E-state index contributed by atoms with van der Waals surface area (Å²) in [4.78, 5) is 13.4. The van der Waals surface area contributed by atoms with E-state index in [4.69, 9.17) is 4.52 Å². The van der Waals surface area contributed by atoms with Crippen molar-refractivity contribution in [1.29, 1.82) is 0 Å². The summed E-state index contributed by atoms with van der Waals surface area (Å²) >= 11 is 0. The molecule has 0 bridgehead atoms. The summed E-state index contributed by atoms with van der Waals surface area (Å²) in [6.45, 7) is 6.54. The van der Waals surface area contributed by atoms with Gasteiger partial charge in [0.15, 0.2) is 9.84 Å². The maximum Gasteiger partial charge on any atom is 0.240 e. The molecule has 0 aliphatic heterocycles. The third-order valence-corrected chi connectivity index (χ3v) is 5.45. The molecule has 0 saturated carbocycles. The number of hydrogen-bond donors (Lipinski definition) is 0. The molecule has 1 aromatic rings. The maximum absolute atomic E-state index is 12.1. The van der Waals surface area contributed by atoms with E-state index in [0.717, 1.165) is 0 Å². The van der Waals surface area contributed by atoms with Crippen LogP contribution in [0.2, 0.25) is 0 Å². The molecule has 0 saturated heterocycles. The SMILES string of the molecule is Cc1cc(CN(C)C(=O)[C@@H](C)S(=O)(=O)C(C)C)no1. The topological polar surface area (TPSA) is 80.5 Å². The van der Waals surface area contributed by atoms with Gasteiger partial charge in [-0.05, 0) is 27.7 Å². The van der Waals surface area contributed by atoms with Crippen LogP contribution in [0.3, 0.4) is 0 Å². The lowest BCUT2D eigenvalue weighted by molar-refractivity contribution is -0.129. The van der Waals surface area contributed by atoms with E-state index < -0.39 is 26.2 Å². The molecule has 0 fully saturated rings. The zero-order valence-electron chi connectivity index (χ0n) is 11.9. The van der Waals surface area contributed by atoms with Gasteiger partial charge in [0.2, 0.25) is 5.91 Å². The van der Waals surface area contributed by atoms with Gasteiger partial charge in [0.1, 0.15) is 16.7 Å². The van der Waals surface area contributed by atoms with Crippen LogP contribution in [0, 0.1) is 6.92 Å². The van der Waals surface area contributed by atoms with Crippen LogP contribution < -0.4 is 0 Å². The van der Waals surface area contributed by atoms with Gasteiger partial charge in [-0.3, -0.25) is 4.79 Å². The molecule has 0 aromatic carbocycles. The monoisotopic (exact) mass is 288 g/mol. The molecule has 0 N–H and O–H groups in total. The van der Waals surface area contributed by atoms with Crippen LogP contribution in [0.25, 0.3) is 0 Å². The van der Waals surface area contributed by atoms with Gasteiger partial charge in [-0.1, -0.05) is 5.16 Å². The number of amides is 1. The third kappa shape index (κ3) is 3.56. The fourth-order valence-corrected chi connectivity index (χ4v) is 2.95.